The van der Waals surface area contributed by atoms with Gasteiger partial charge in [-0.1, -0.05) is 75.8 Å². The molecule has 1 aromatic heterocycles. The fourth-order valence-corrected chi connectivity index (χ4v) is 5.83. The van der Waals surface area contributed by atoms with E-state index in [0.29, 0.717) is 37.5 Å². The number of thiazole rings is 1. The van der Waals surface area contributed by atoms with Crippen LogP contribution in [-0.4, -0.2) is 17.1 Å². The van der Waals surface area contributed by atoms with Crippen molar-refractivity contribution in [1.82, 2.24) is 4.57 Å². The average Bonchev–Trinajstić information content (AvgIpc) is 3.23. The van der Waals surface area contributed by atoms with Gasteiger partial charge in [0.15, 0.2) is 4.80 Å². The Labute approximate surface area is 236 Å². The molecule has 9 heteroatoms. The van der Waals surface area contributed by atoms with Gasteiger partial charge in [-0.2, -0.15) is 0 Å². The fourth-order valence-electron chi connectivity index (χ4n) is 4.42. The van der Waals surface area contributed by atoms with Crippen LogP contribution in [0.25, 0.3) is 6.08 Å². The van der Waals surface area contributed by atoms with Gasteiger partial charge in [0, 0.05) is 15.6 Å². The zero-order valence-corrected chi connectivity index (χ0v) is 23.6. The number of hydrogen-bond donors (Lipinski definition) is 0. The molecule has 1 atom stereocenters. The summed E-state index contributed by atoms with van der Waals surface area (Å²) >= 11 is 4.72. The molecule has 0 spiro atoms. The summed E-state index contributed by atoms with van der Waals surface area (Å²) in [6, 6.07) is 20.5. The van der Waals surface area contributed by atoms with Crippen molar-refractivity contribution in [2.45, 2.75) is 26.5 Å². The summed E-state index contributed by atoms with van der Waals surface area (Å²) in [5.41, 5.74) is 2.39. The molecule has 3 aromatic carbocycles. The van der Waals surface area contributed by atoms with Crippen molar-refractivity contribution in [2.75, 3.05) is 6.61 Å². The second-order valence-corrected chi connectivity index (χ2v) is 10.7. The monoisotopic (exact) mass is 606 g/mol. The van der Waals surface area contributed by atoms with E-state index in [1.54, 1.807) is 48.8 Å². The lowest BCUT2D eigenvalue weighted by molar-refractivity contribution is -0.139. The molecular weight excluding hydrogens is 583 g/mol. The minimum atomic E-state index is -0.678. The zero-order chi connectivity index (χ0) is 27.5. The number of benzene rings is 3. The van der Waals surface area contributed by atoms with Gasteiger partial charge >= 0.3 is 5.97 Å². The molecule has 0 N–H and O–H groups in total. The Morgan fingerprint density at radius 2 is 1.87 bits per heavy atom. The Bertz CT molecular complexity index is 1760. The number of esters is 1. The second-order valence-electron chi connectivity index (χ2n) is 8.78. The second kappa shape index (κ2) is 11.5. The average molecular weight is 608 g/mol. The first-order valence-electron chi connectivity index (χ1n) is 12.3. The van der Waals surface area contributed by atoms with E-state index in [-0.39, 0.29) is 24.6 Å². The molecule has 1 aliphatic rings. The van der Waals surface area contributed by atoms with E-state index in [1.807, 2.05) is 42.5 Å². The summed E-state index contributed by atoms with van der Waals surface area (Å²) in [6.45, 7) is 3.74. The van der Waals surface area contributed by atoms with Crippen molar-refractivity contribution >= 4 is 39.3 Å². The van der Waals surface area contributed by atoms with Gasteiger partial charge in [-0.05, 0) is 49.8 Å². The van der Waals surface area contributed by atoms with E-state index in [2.05, 4.69) is 20.9 Å². The Kier molecular flexibility index (Phi) is 7.90. The van der Waals surface area contributed by atoms with Crippen LogP contribution in [-0.2, 0) is 16.1 Å². The SMILES string of the molecule is CCOC(=O)C1=C(C)N=c2s/c(=C/c3cc(Br)ccc3OCc3ccccc3F)c(=O)n2C1c1ccccc1. The number of allylic oxidation sites excluding steroid dienone is 1. The summed E-state index contributed by atoms with van der Waals surface area (Å²) in [5.74, 6) is -0.355. The van der Waals surface area contributed by atoms with Crippen molar-refractivity contribution in [3.63, 3.8) is 0 Å². The minimum Gasteiger partial charge on any atom is -0.488 e. The molecule has 5 rings (SSSR count). The molecule has 0 fully saturated rings. The minimum absolute atomic E-state index is 0.0342. The van der Waals surface area contributed by atoms with E-state index in [0.717, 1.165) is 10.0 Å². The Morgan fingerprint density at radius 3 is 2.62 bits per heavy atom. The number of carbonyl (C=O) groups excluding carboxylic acids is 1. The molecule has 6 nitrogen and oxygen atoms in total. The van der Waals surface area contributed by atoms with Crippen LogP contribution in [0.2, 0.25) is 0 Å². The van der Waals surface area contributed by atoms with Crippen LogP contribution >= 0.6 is 27.3 Å². The predicted molar refractivity (Wildman–Crippen MR) is 152 cm³/mol. The van der Waals surface area contributed by atoms with Gasteiger partial charge in [0.1, 0.15) is 18.2 Å². The Balaban J connectivity index is 1.62. The van der Waals surface area contributed by atoms with Crippen LogP contribution in [0.15, 0.2) is 98.3 Å². The van der Waals surface area contributed by atoms with Gasteiger partial charge in [0.25, 0.3) is 5.56 Å². The molecule has 0 saturated carbocycles. The van der Waals surface area contributed by atoms with Gasteiger partial charge in [-0.15, -0.1) is 0 Å². The van der Waals surface area contributed by atoms with E-state index >= 15 is 0 Å². The molecule has 2 heterocycles. The summed E-state index contributed by atoms with van der Waals surface area (Å²) in [6.07, 6.45) is 1.73. The highest BCUT2D eigenvalue weighted by Gasteiger charge is 2.33. The van der Waals surface area contributed by atoms with Crippen molar-refractivity contribution in [2.24, 2.45) is 4.99 Å². The van der Waals surface area contributed by atoms with E-state index in [4.69, 9.17) is 9.47 Å². The molecule has 0 saturated heterocycles. The topological polar surface area (TPSA) is 69.9 Å². The lowest BCUT2D eigenvalue weighted by Gasteiger charge is -2.24. The van der Waals surface area contributed by atoms with Crippen molar-refractivity contribution in [3.8, 4) is 5.75 Å². The molecule has 0 aliphatic carbocycles. The normalized spacial score (nSPS) is 15.1. The molecule has 1 unspecified atom stereocenters. The fraction of sp³-hybridized carbons (Fsp3) is 0.167. The number of carbonyl (C=O) groups is 1. The predicted octanol–water partition coefficient (Wildman–Crippen LogP) is 5.28. The zero-order valence-electron chi connectivity index (χ0n) is 21.2. The summed E-state index contributed by atoms with van der Waals surface area (Å²) in [5, 5.41) is 0. The van der Waals surface area contributed by atoms with Crippen molar-refractivity contribution < 1.29 is 18.7 Å². The molecule has 0 amide bonds. The number of rotatable bonds is 7. The van der Waals surface area contributed by atoms with Crippen LogP contribution < -0.4 is 19.6 Å². The third kappa shape index (κ3) is 5.51. The highest BCUT2D eigenvalue weighted by Crippen LogP contribution is 2.31. The van der Waals surface area contributed by atoms with Gasteiger partial charge in [-0.3, -0.25) is 9.36 Å². The number of hydrogen-bond acceptors (Lipinski definition) is 6. The standard InChI is InChI=1S/C30H24BrFN2O4S/c1-3-37-29(36)26-18(2)33-30-34(27(26)19-9-5-4-6-10-19)28(35)25(39-30)16-21-15-22(31)13-14-24(21)38-17-20-11-7-8-12-23(20)32/h4-16,27H,3,17H2,1-2H3/b25-16+. The number of aromatic nitrogens is 1. The third-order valence-corrected chi connectivity index (χ3v) is 7.71. The van der Waals surface area contributed by atoms with Crippen LogP contribution in [0, 0.1) is 5.82 Å². The Hall–Kier alpha value is -3.82. The van der Waals surface area contributed by atoms with Crippen LogP contribution in [0.5, 0.6) is 5.75 Å². The van der Waals surface area contributed by atoms with E-state index in [1.165, 1.54) is 17.4 Å². The van der Waals surface area contributed by atoms with Gasteiger partial charge in [0.05, 0.1) is 28.5 Å². The first-order valence-corrected chi connectivity index (χ1v) is 13.9. The maximum atomic E-state index is 14.1. The molecule has 39 heavy (non-hydrogen) atoms. The Morgan fingerprint density at radius 1 is 1.13 bits per heavy atom. The summed E-state index contributed by atoms with van der Waals surface area (Å²) in [4.78, 5) is 32.0. The van der Waals surface area contributed by atoms with Crippen molar-refractivity contribution in [3.05, 3.63) is 131 Å². The van der Waals surface area contributed by atoms with Crippen LogP contribution in [0.3, 0.4) is 0 Å². The maximum Gasteiger partial charge on any atom is 0.338 e. The summed E-state index contributed by atoms with van der Waals surface area (Å²) in [7, 11) is 0. The largest absolute Gasteiger partial charge is 0.488 e. The maximum absolute atomic E-state index is 14.1. The van der Waals surface area contributed by atoms with Gasteiger partial charge in [0.2, 0.25) is 0 Å². The number of nitrogens with zero attached hydrogens (tertiary/aromatic N) is 2. The smallest absolute Gasteiger partial charge is 0.338 e. The highest BCUT2D eigenvalue weighted by atomic mass is 79.9. The van der Waals surface area contributed by atoms with Gasteiger partial charge < -0.3 is 9.47 Å². The molecule has 198 valence electrons. The lowest BCUT2D eigenvalue weighted by atomic mass is 9.96. The molecule has 0 bridgehead atoms. The van der Waals surface area contributed by atoms with Crippen LogP contribution in [0.1, 0.15) is 36.6 Å². The third-order valence-electron chi connectivity index (χ3n) is 6.23. The number of halogens is 2. The number of fused-ring (bicyclic) bond motifs is 1. The van der Waals surface area contributed by atoms with Crippen LogP contribution in [0.4, 0.5) is 4.39 Å². The highest BCUT2D eigenvalue weighted by molar-refractivity contribution is 9.10. The lowest BCUT2D eigenvalue weighted by Crippen LogP contribution is -2.39. The summed E-state index contributed by atoms with van der Waals surface area (Å²) < 4.78 is 28.2. The molecule has 4 aromatic rings. The molecule has 1 aliphatic heterocycles. The molecular formula is C30H24BrFN2O4S. The van der Waals surface area contributed by atoms with E-state index < -0.39 is 12.0 Å². The first-order chi connectivity index (χ1) is 18.9. The first kappa shape index (κ1) is 26.8. The quantitative estimate of drug-likeness (QED) is 0.268. The van der Waals surface area contributed by atoms with Crippen molar-refractivity contribution in [1.29, 1.82) is 0 Å². The molecule has 0 radical (unpaired) electrons. The van der Waals surface area contributed by atoms with E-state index in [9.17, 15) is 14.0 Å². The number of ether oxygens (including phenoxy) is 2. The van der Waals surface area contributed by atoms with Gasteiger partial charge in [-0.25, -0.2) is 14.2 Å².